The molecule has 0 bridgehead atoms. The fourth-order valence-corrected chi connectivity index (χ4v) is 5.74. The van der Waals surface area contributed by atoms with Gasteiger partial charge in [-0.2, -0.15) is 0 Å². The van der Waals surface area contributed by atoms with Crippen molar-refractivity contribution >= 4 is 46.1 Å². The number of hydrogen-bond donors (Lipinski definition) is 2. The zero-order chi connectivity index (χ0) is 29.1. The van der Waals surface area contributed by atoms with E-state index in [4.69, 9.17) is 28.9 Å². The van der Waals surface area contributed by atoms with Gasteiger partial charge in [0, 0.05) is 51.7 Å². The van der Waals surface area contributed by atoms with E-state index in [1.54, 1.807) is 19.1 Å². The Labute approximate surface area is 242 Å². The number of fused-ring (bicyclic) bond motifs is 1. The summed E-state index contributed by atoms with van der Waals surface area (Å²) < 4.78 is 27.7. The molecule has 4 aromatic rings. The van der Waals surface area contributed by atoms with Crippen LogP contribution in [0.2, 0.25) is 10.0 Å². The quantitative estimate of drug-likeness (QED) is 0.118. The summed E-state index contributed by atoms with van der Waals surface area (Å²) in [7, 11) is 0. The molecule has 1 heterocycles. The topological polar surface area (TPSA) is 71.2 Å². The number of rotatable bonds is 9. The number of carbonyl (C=O) groups is 1. The van der Waals surface area contributed by atoms with Gasteiger partial charge in [-0.15, -0.1) is 0 Å². The summed E-state index contributed by atoms with van der Waals surface area (Å²) in [6.07, 6.45) is 2.55. The van der Waals surface area contributed by atoms with Crippen LogP contribution in [-0.4, -0.2) is 23.5 Å². The summed E-state index contributed by atoms with van der Waals surface area (Å²) in [6, 6.07) is 13.4. The Kier molecular flexibility index (Phi) is 9.12. The largest absolute Gasteiger partial charge is 0.402 e. The van der Waals surface area contributed by atoms with Crippen molar-refractivity contribution in [3.63, 3.8) is 0 Å². The van der Waals surface area contributed by atoms with E-state index in [-0.39, 0.29) is 23.7 Å². The Hall–Kier alpha value is -3.48. The number of hydrogen-bond acceptors (Lipinski definition) is 3. The van der Waals surface area contributed by atoms with E-state index < -0.39 is 11.6 Å². The minimum absolute atomic E-state index is 0.148. The van der Waals surface area contributed by atoms with Crippen LogP contribution in [0.25, 0.3) is 10.9 Å². The maximum absolute atomic E-state index is 14.1. The average Bonchev–Trinajstić information content (AvgIpc) is 3.30. The predicted molar refractivity (Wildman–Crippen MR) is 161 cm³/mol. The van der Waals surface area contributed by atoms with Gasteiger partial charge in [-0.25, -0.2) is 8.78 Å². The number of nitrogens with one attached hydrogen (secondary N) is 1. The number of H-pyrrole nitrogens is 1. The molecule has 0 saturated carbocycles. The summed E-state index contributed by atoms with van der Waals surface area (Å²) in [5.41, 5.74) is 12.0. The molecule has 0 radical (unpaired) electrons. The second-order valence-electron chi connectivity index (χ2n) is 10.1. The Morgan fingerprint density at radius 1 is 1.10 bits per heavy atom. The van der Waals surface area contributed by atoms with E-state index in [1.807, 2.05) is 13.0 Å². The first-order valence-corrected chi connectivity index (χ1v) is 13.8. The summed E-state index contributed by atoms with van der Waals surface area (Å²) in [4.78, 5) is 21.0. The van der Waals surface area contributed by atoms with E-state index in [0.29, 0.717) is 44.7 Å². The van der Waals surface area contributed by atoms with E-state index in [0.717, 1.165) is 23.4 Å². The molecule has 40 heavy (non-hydrogen) atoms. The van der Waals surface area contributed by atoms with Gasteiger partial charge in [-0.1, -0.05) is 49.2 Å². The number of aromatic amines is 1. The standard InChI is InChI=1S/C32H31Cl2F2N3O/c1-5-21-13-28-23(9-17(21)2)14-29(39-28)32(40)24(19(4)37)16-38-15-18(3)30-25(33)11-20(12-26(30)34)10-22-7-6-8-27(35)31(22)36/h6-9,11-14,16,18,39H,5,10,15,37H2,1-4H3/b24-19-,38-16?. The van der Waals surface area contributed by atoms with Gasteiger partial charge in [0.05, 0.1) is 11.3 Å². The number of aromatic nitrogens is 1. The molecule has 3 aromatic carbocycles. The van der Waals surface area contributed by atoms with Crippen LogP contribution < -0.4 is 5.73 Å². The molecule has 3 N–H and O–H groups in total. The predicted octanol–water partition coefficient (Wildman–Crippen LogP) is 8.50. The first-order chi connectivity index (χ1) is 19.0. The smallest absolute Gasteiger partial charge is 0.212 e. The Morgan fingerprint density at radius 2 is 1.80 bits per heavy atom. The van der Waals surface area contributed by atoms with E-state index in [2.05, 4.69) is 36.0 Å². The summed E-state index contributed by atoms with van der Waals surface area (Å²) in [5, 5.41) is 1.78. The number of ketones is 1. The average molecular weight is 583 g/mol. The third kappa shape index (κ3) is 6.29. The van der Waals surface area contributed by atoms with Gasteiger partial charge >= 0.3 is 0 Å². The lowest BCUT2D eigenvalue weighted by Crippen LogP contribution is -2.12. The number of halogens is 4. The second-order valence-corrected chi connectivity index (χ2v) is 10.9. The van der Waals surface area contributed by atoms with Crippen molar-refractivity contribution in [2.45, 2.75) is 46.5 Å². The molecule has 4 rings (SSSR count). The molecule has 1 aromatic heterocycles. The molecule has 0 spiro atoms. The fraction of sp³-hybridized carbons (Fsp3) is 0.250. The number of Topliss-reactive ketones (excluding diaryl/α,β-unsaturated/α-hetero) is 1. The van der Waals surface area contributed by atoms with E-state index >= 15 is 0 Å². The zero-order valence-corrected chi connectivity index (χ0v) is 24.4. The number of benzene rings is 3. The van der Waals surface area contributed by atoms with Gasteiger partial charge in [0.25, 0.3) is 0 Å². The fourth-order valence-electron chi connectivity index (χ4n) is 4.84. The highest BCUT2D eigenvalue weighted by molar-refractivity contribution is 6.36. The first-order valence-electron chi connectivity index (χ1n) is 13.0. The molecule has 0 fully saturated rings. The molecule has 208 valence electrons. The van der Waals surface area contributed by atoms with Crippen molar-refractivity contribution in [2.24, 2.45) is 10.7 Å². The first kappa shape index (κ1) is 29.5. The third-order valence-corrected chi connectivity index (χ3v) is 7.66. The number of aryl methyl sites for hydroxylation is 2. The molecule has 0 saturated heterocycles. The number of nitrogens with zero attached hydrogens (tertiary/aromatic N) is 1. The molecule has 0 aliphatic heterocycles. The highest BCUT2D eigenvalue weighted by atomic mass is 35.5. The van der Waals surface area contributed by atoms with Crippen molar-refractivity contribution < 1.29 is 13.6 Å². The van der Waals surface area contributed by atoms with Gasteiger partial charge in [0.2, 0.25) is 5.78 Å². The molecule has 8 heteroatoms. The minimum atomic E-state index is -0.900. The molecule has 0 amide bonds. The lowest BCUT2D eigenvalue weighted by atomic mass is 9.97. The van der Waals surface area contributed by atoms with Crippen LogP contribution in [0.1, 0.15) is 65.0 Å². The van der Waals surface area contributed by atoms with Crippen molar-refractivity contribution in [1.82, 2.24) is 4.98 Å². The Morgan fingerprint density at radius 3 is 2.45 bits per heavy atom. The zero-order valence-electron chi connectivity index (χ0n) is 22.8. The number of aliphatic imine (C=N–C) groups is 1. The van der Waals surface area contributed by atoms with Crippen LogP contribution in [0.5, 0.6) is 0 Å². The molecule has 1 unspecified atom stereocenters. The highest BCUT2D eigenvalue weighted by Crippen LogP contribution is 2.34. The molecule has 4 nitrogen and oxygen atoms in total. The normalized spacial score (nSPS) is 13.2. The van der Waals surface area contributed by atoms with Gasteiger partial charge in [-0.05, 0) is 84.5 Å². The molecular weight excluding hydrogens is 551 g/mol. The van der Waals surface area contributed by atoms with E-state index in [1.165, 1.54) is 29.5 Å². The van der Waals surface area contributed by atoms with Gasteiger partial charge in [0.15, 0.2) is 11.6 Å². The molecular formula is C32H31Cl2F2N3O. The summed E-state index contributed by atoms with van der Waals surface area (Å²) in [5.74, 6) is -2.21. The maximum Gasteiger partial charge on any atom is 0.212 e. The van der Waals surface area contributed by atoms with Gasteiger partial charge in [-0.3, -0.25) is 9.79 Å². The van der Waals surface area contributed by atoms with Crippen LogP contribution >= 0.6 is 23.2 Å². The van der Waals surface area contributed by atoms with Crippen LogP contribution in [0.3, 0.4) is 0 Å². The Balaban J connectivity index is 1.50. The monoisotopic (exact) mass is 581 g/mol. The molecule has 0 aliphatic carbocycles. The van der Waals surface area contributed by atoms with E-state index in [9.17, 15) is 13.6 Å². The Bertz CT molecular complexity index is 1630. The van der Waals surface area contributed by atoms with Gasteiger partial charge < -0.3 is 10.7 Å². The number of nitrogens with two attached hydrogens (primary N) is 1. The third-order valence-electron chi connectivity index (χ3n) is 7.03. The van der Waals surface area contributed by atoms with Crippen LogP contribution in [0, 0.1) is 18.6 Å². The number of allylic oxidation sites excluding steroid dienone is 2. The molecule has 0 aliphatic rings. The number of carbonyl (C=O) groups excluding carboxylic acids is 1. The minimum Gasteiger partial charge on any atom is -0.402 e. The molecule has 1 atom stereocenters. The highest BCUT2D eigenvalue weighted by Gasteiger charge is 2.19. The second kappa shape index (κ2) is 12.4. The van der Waals surface area contributed by atoms with Crippen molar-refractivity contribution in [2.75, 3.05) is 6.54 Å². The van der Waals surface area contributed by atoms with Crippen molar-refractivity contribution in [3.05, 3.63) is 115 Å². The van der Waals surface area contributed by atoms with Gasteiger partial charge in [0.1, 0.15) is 0 Å². The van der Waals surface area contributed by atoms with Crippen LogP contribution in [0.15, 0.2) is 64.8 Å². The lowest BCUT2D eigenvalue weighted by Gasteiger charge is -2.15. The van der Waals surface area contributed by atoms with Crippen LogP contribution in [-0.2, 0) is 12.8 Å². The van der Waals surface area contributed by atoms with Crippen molar-refractivity contribution in [1.29, 1.82) is 0 Å². The van der Waals surface area contributed by atoms with Crippen molar-refractivity contribution in [3.8, 4) is 0 Å². The summed E-state index contributed by atoms with van der Waals surface area (Å²) >= 11 is 13.1. The van der Waals surface area contributed by atoms with Crippen LogP contribution in [0.4, 0.5) is 8.78 Å². The SMILES string of the molecule is CCc1cc2[nH]c(C(=O)/C(C=NCC(C)c3c(Cl)cc(Cc4cccc(F)c4F)cc3Cl)=C(/C)N)cc2cc1C. The summed E-state index contributed by atoms with van der Waals surface area (Å²) in [6.45, 7) is 8.04. The maximum atomic E-state index is 14.1. The lowest BCUT2D eigenvalue weighted by molar-refractivity contribution is 0.103.